The maximum Gasteiger partial charge on any atom is 0.264 e. The summed E-state index contributed by atoms with van der Waals surface area (Å²) in [6.45, 7) is 7.48. The summed E-state index contributed by atoms with van der Waals surface area (Å²) in [5.41, 5.74) is -2.02. The molecule has 2 fully saturated rings. The molecule has 2 N–H and O–H groups in total. The van der Waals surface area contributed by atoms with Gasteiger partial charge in [0.1, 0.15) is 6.10 Å². The van der Waals surface area contributed by atoms with Gasteiger partial charge < -0.3 is 10.2 Å². The van der Waals surface area contributed by atoms with E-state index in [1.165, 1.54) is 0 Å². The molecule has 0 aromatic rings. The lowest BCUT2D eigenvalue weighted by Gasteiger charge is -2.57. The SMILES string of the molecule is CC(C)(O)[C@@H]1CC[C@]2(C)CC[C@H](OS(C)(=O)=O)[C@](C)(O)[C@H]2C1. The first kappa shape index (κ1) is 18.2. The van der Waals surface area contributed by atoms with Crippen LogP contribution in [0.25, 0.3) is 0 Å². The number of aliphatic hydroxyl groups is 2. The molecular formula is C16H30O5S. The molecule has 6 heteroatoms. The summed E-state index contributed by atoms with van der Waals surface area (Å²) in [5, 5.41) is 21.4. The third kappa shape index (κ3) is 3.50. The van der Waals surface area contributed by atoms with Crippen LogP contribution in [0.4, 0.5) is 0 Å². The molecule has 2 rings (SSSR count). The number of fused-ring (bicyclic) bond motifs is 1. The van der Waals surface area contributed by atoms with E-state index in [0.717, 1.165) is 25.5 Å². The molecule has 22 heavy (non-hydrogen) atoms. The van der Waals surface area contributed by atoms with E-state index in [1.807, 2.05) is 13.8 Å². The lowest BCUT2D eigenvalue weighted by molar-refractivity contribution is -0.186. The quantitative estimate of drug-likeness (QED) is 0.772. The van der Waals surface area contributed by atoms with Gasteiger partial charge in [-0.3, -0.25) is 4.18 Å². The topological polar surface area (TPSA) is 83.8 Å². The molecule has 2 saturated carbocycles. The molecule has 0 aliphatic heterocycles. The molecular weight excluding hydrogens is 304 g/mol. The van der Waals surface area contributed by atoms with E-state index in [1.54, 1.807) is 6.92 Å². The van der Waals surface area contributed by atoms with Crippen molar-refractivity contribution in [2.45, 2.75) is 77.1 Å². The number of hydrogen-bond donors (Lipinski definition) is 2. The lowest BCUT2D eigenvalue weighted by atomic mass is 9.51. The summed E-state index contributed by atoms with van der Waals surface area (Å²) < 4.78 is 28.1. The Kier molecular flexibility index (Phi) is 4.49. The highest BCUT2D eigenvalue weighted by Crippen LogP contribution is 2.57. The summed E-state index contributed by atoms with van der Waals surface area (Å²) in [5.74, 6) is 0.0275. The van der Waals surface area contributed by atoms with Crippen LogP contribution < -0.4 is 0 Å². The van der Waals surface area contributed by atoms with E-state index in [0.29, 0.717) is 12.8 Å². The van der Waals surface area contributed by atoms with Crippen LogP contribution in [0.2, 0.25) is 0 Å². The molecule has 5 atom stereocenters. The van der Waals surface area contributed by atoms with Crippen LogP contribution in [-0.2, 0) is 14.3 Å². The lowest BCUT2D eigenvalue weighted by Crippen LogP contribution is -2.60. The zero-order valence-electron chi connectivity index (χ0n) is 14.3. The van der Waals surface area contributed by atoms with Gasteiger partial charge in [-0.15, -0.1) is 0 Å². The Labute approximate surface area is 134 Å². The van der Waals surface area contributed by atoms with Crippen molar-refractivity contribution < 1.29 is 22.8 Å². The van der Waals surface area contributed by atoms with Crippen molar-refractivity contribution in [1.29, 1.82) is 0 Å². The summed E-state index contributed by atoms with van der Waals surface area (Å²) in [4.78, 5) is 0. The number of hydrogen-bond acceptors (Lipinski definition) is 5. The van der Waals surface area contributed by atoms with Gasteiger partial charge in [-0.1, -0.05) is 6.92 Å². The minimum atomic E-state index is -3.60. The minimum Gasteiger partial charge on any atom is -0.390 e. The van der Waals surface area contributed by atoms with Crippen LogP contribution in [0.3, 0.4) is 0 Å². The summed E-state index contributed by atoms with van der Waals surface area (Å²) in [7, 11) is -3.60. The highest BCUT2D eigenvalue weighted by atomic mass is 32.2. The zero-order valence-corrected chi connectivity index (χ0v) is 15.1. The highest BCUT2D eigenvalue weighted by Gasteiger charge is 2.57. The summed E-state index contributed by atoms with van der Waals surface area (Å²) in [6.07, 6.45) is 4.26. The molecule has 0 bridgehead atoms. The van der Waals surface area contributed by atoms with Crippen molar-refractivity contribution in [2.75, 3.05) is 6.26 Å². The van der Waals surface area contributed by atoms with Crippen molar-refractivity contribution in [1.82, 2.24) is 0 Å². The van der Waals surface area contributed by atoms with Gasteiger partial charge in [-0.2, -0.15) is 8.42 Å². The van der Waals surface area contributed by atoms with E-state index in [-0.39, 0.29) is 17.3 Å². The van der Waals surface area contributed by atoms with Crippen molar-refractivity contribution in [3.63, 3.8) is 0 Å². The average Bonchev–Trinajstić information content (AvgIpc) is 2.30. The van der Waals surface area contributed by atoms with Crippen LogP contribution in [0, 0.1) is 17.3 Å². The smallest absolute Gasteiger partial charge is 0.264 e. The average molecular weight is 334 g/mol. The van der Waals surface area contributed by atoms with Gasteiger partial charge in [0.25, 0.3) is 10.1 Å². The summed E-state index contributed by atoms with van der Waals surface area (Å²) >= 11 is 0. The summed E-state index contributed by atoms with van der Waals surface area (Å²) in [6, 6.07) is 0. The highest BCUT2D eigenvalue weighted by molar-refractivity contribution is 7.86. The maximum absolute atomic E-state index is 11.5. The Morgan fingerprint density at radius 2 is 1.73 bits per heavy atom. The van der Waals surface area contributed by atoms with E-state index in [2.05, 4.69) is 6.92 Å². The van der Waals surface area contributed by atoms with Gasteiger partial charge in [0.05, 0.1) is 17.5 Å². The van der Waals surface area contributed by atoms with Gasteiger partial charge >= 0.3 is 0 Å². The third-order valence-electron chi connectivity index (χ3n) is 6.05. The standard InChI is InChI=1S/C16H30O5S/c1-14(2,17)11-6-8-15(3)9-7-13(21-22(5,19)20)16(4,18)12(15)10-11/h11-13,17-18H,6-10H2,1-5H3/t11-,12+,13+,15-,16-/m1/s1. The fourth-order valence-corrected chi connectivity index (χ4v) is 5.30. The van der Waals surface area contributed by atoms with Gasteiger partial charge in [-0.05, 0) is 70.1 Å². The van der Waals surface area contributed by atoms with E-state index in [9.17, 15) is 18.6 Å². The maximum atomic E-state index is 11.5. The molecule has 0 aromatic heterocycles. The van der Waals surface area contributed by atoms with E-state index < -0.39 is 27.4 Å². The van der Waals surface area contributed by atoms with Crippen LogP contribution in [0.5, 0.6) is 0 Å². The van der Waals surface area contributed by atoms with Crippen molar-refractivity contribution in [3.8, 4) is 0 Å². The van der Waals surface area contributed by atoms with Crippen LogP contribution in [-0.4, -0.2) is 42.2 Å². The van der Waals surface area contributed by atoms with E-state index >= 15 is 0 Å². The first-order valence-electron chi connectivity index (χ1n) is 8.09. The Hall–Kier alpha value is -0.170. The second kappa shape index (κ2) is 5.43. The fourth-order valence-electron chi connectivity index (χ4n) is 4.58. The molecule has 0 heterocycles. The van der Waals surface area contributed by atoms with Crippen molar-refractivity contribution >= 4 is 10.1 Å². The zero-order chi connectivity index (χ0) is 17.0. The predicted molar refractivity (Wildman–Crippen MR) is 84.8 cm³/mol. The Bertz CT molecular complexity index is 519. The van der Waals surface area contributed by atoms with Crippen LogP contribution in [0.15, 0.2) is 0 Å². The normalized spacial score (nSPS) is 43.7. The van der Waals surface area contributed by atoms with Gasteiger partial charge in [0.2, 0.25) is 0 Å². The van der Waals surface area contributed by atoms with E-state index in [4.69, 9.17) is 4.18 Å². The second-order valence-electron chi connectivity index (χ2n) is 8.39. The van der Waals surface area contributed by atoms with Gasteiger partial charge in [-0.25, -0.2) is 0 Å². The largest absolute Gasteiger partial charge is 0.390 e. The fraction of sp³-hybridized carbons (Fsp3) is 1.00. The molecule has 0 radical (unpaired) electrons. The molecule has 2 aliphatic rings. The number of rotatable bonds is 3. The third-order valence-corrected chi connectivity index (χ3v) is 6.63. The van der Waals surface area contributed by atoms with Gasteiger partial charge in [0, 0.05) is 0 Å². The molecule has 0 aromatic carbocycles. The monoisotopic (exact) mass is 334 g/mol. The molecule has 130 valence electrons. The van der Waals surface area contributed by atoms with Crippen LogP contribution >= 0.6 is 0 Å². The Morgan fingerprint density at radius 3 is 2.23 bits per heavy atom. The molecule has 0 amide bonds. The van der Waals surface area contributed by atoms with Crippen molar-refractivity contribution in [3.05, 3.63) is 0 Å². The predicted octanol–water partition coefficient (Wildman–Crippen LogP) is 2.07. The molecule has 2 aliphatic carbocycles. The Balaban J connectivity index is 2.28. The molecule has 0 saturated heterocycles. The first-order chi connectivity index (χ1) is 9.76. The first-order valence-corrected chi connectivity index (χ1v) is 9.90. The van der Waals surface area contributed by atoms with Gasteiger partial charge in [0.15, 0.2) is 0 Å². The van der Waals surface area contributed by atoms with Crippen LogP contribution in [0.1, 0.15) is 59.8 Å². The molecule has 0 unspecified atom stereocenters. The molecule has 5 nitrogen and oxygen atoms in total. The second-order valence-corrected chi connectivity index (χ2v) is 9.99. The minimum absolute atomic E-state index is 0.0252. The van der Waals surface area contributed by atoms with Crippen molar-refractivity contribution in [2.24, 2.45) is 17.3 Å². The Morgan fingerprint density at radius 1 is 1.18 bits per heavy atom. The molecule has 0 spiro atoms.